The van der Waals surface area contributed by atoms with E-state index in [9.17, 15) is 9.90 Å². The molecule has 3 aromatic carbocycles. The highest BCUT2D eigenvalue weighted by molar-refractivity contribution is 6.42. The Balaban J connectivity index is 1.65. The van der Waals surface area contributed by atoms with Crippen LogP contribution in [0.1, 0.15) is 35.6 Å². The number of carbonyl (C=O) groups is 1. The lowest BCUT2D eigenvalue weighted by Gasteiger charge is -2.37. The van der Waals surface area contributed by atoms with Gasteiger partial charge >= 0.3 is 5.97 Å². The molecule has 1 saturated heterocycles. The number of piperidine rings is 1. The normalized spacial score (nSPS) is 15.6. The van der Waals surface area contributed by atoms with Gasteiger partial charge < -0.3 is 14.6 Å². The first-order chi connectivity index (χ1) is 16.5. The van der Waals surface area contributed by atoms with E-state index in [1.807, 2.05) is 60.7 Å². The van der Waals surface area contributed by atoms with E-state index < -0.39 is 5.97 Å². The van der Waals surface area contributed by atoms with E-state index in [-0.39, 0.29) is 12.0 Å². The van der Waals surface area contributed by atoms with E-state index in [1.54, 1.807) is 13.2 Å². The summed E-state index contributed by atoms with van der Waals surface area (Å²) in [4.78, 5) is 13.7. The number of rotatable bonds is 8. The molecule has 4 rings (SSSR count). The molecule has 3 aromatic rings. The largest absolute Gasteiger partial charge is 0.493 e. The van der Waals surface area contributed by atoms with Crippen molar-refractivity contribution in [3.8, 4) is 11.5 Å². The van der Waals surface area contributed by atoms with Crippen molar-refractivity contribution >= 4 is 29.2 Å². The molecular weight excluding hydrogens is 473 g/mol. The zero-order valence-corrected chi connectivity index (χ0v) is 20.4. The van der Waals surface area contributed by atoms with Crippen LogP contribution in [0.4, 0.5) is 0 Å². The first-order valence-electron chi connectivity index (χ1n) is 11.2. The highest BCUT2D eigenvalue weighted by Crippen LogP contribution is 2.41. The van der Waals surface area contributed by atoms with Crippen LogP contribution >= 0.6 is 23.2 Å². The summed E-state index contributed by atoms with van der Waals surface area (Å²) < 4.78 is 11.7. The summed E-state index contributed by atoms with van der Waals surface area (Å²) in [6, 6.07) is 21.3. The second-order valence-corrected chi connectivity index (χ2v) is 9.16. The van der Waals surface area contributed by atoms with E-state index in [4.69, 9.17) is 32.7 Å². The molecule has 1 heterocycles. The van der Waals surface area contributed by atoms with Crippen LogP contribution in [0.25, 0.3) is 0 Å². The lowest BCUT2D eigenvalue weighted by atomic mass is 9.91. The van der Waals surface area contributed by atoms with Crippen molar-refractivity contribution in [2.75, 3.05) is 20.2 Å². The Morgan fingerprint density at radius 2 is 1.76 bits per heavy atom. The smallest absolute Gasteiger partial charge is 0.306 e. The van der Waals surface area contributed by atoms with E-state index >= 15 is 0 Å². The molecule has 1 aliphatic heterocycles. The van der Waals surface area contributed by atoms with Gasteiger partial charge in [0.05, 0.1) is 29.1 Å². The highest BCUT2D eigenvalue weighted by Gasteiger charge is 2.32. The Labute approximate surface area is 209 Å². The molecule has 34 heavy (non-hydrogen) atoms. The average molecular weight is 500 g/mol. The van der Waals surface area contributed by atoms with Gasteiger partial charge in [-0.05, 0) is 60.8 Å². The van der Waals surface area contributed by atoms with E-state index in [1.165, 1.54) is 0 Å². The minimum Gasteiger partial charge on any atom is -0.493 e. The number of methoxy groups -OCH3 is 1. The first-order valence-corrected chi connectivity index (χ1v) is 12.0. The Kier molecular flexibility index (Phi) is 7.99. The molecule has 0 aromatic heterocycles. The monoisotopic (exact) mass is 499 g/mol. The van der Waals surface area contributed by atoms with Gasteiger partial charge in [0.2, 0.25) is 0 Å². The van der Waals surface area contributed by atoms with Crippen LogP contribution in [-0.2, 0) is 11.4 Å². The van der Waals surface area contributed by atoms with Gasteiger partial charge in [0.1, 0.15) is 6.61 Å². The van der Waals surface area contributed by atoms with Gasteiger partial charge in [0, 0.05) is 0 Å². The van der Waals surface area contributed by atoms with Gasteiger partial charge in [0.25, 0.3) is 0 Å². The van der Waals surface area contributed by atoms with Gasteiger partial charge in [-0.1, -0.05) is 71.7 Å². The Hall–Kier alpha value is -2.73. The van der Waals surface area contributed by atoms with Crippen LogP contribution in [-0.4, -0.2) is 36.2 Å². The van der Waals surface area contributed by atoms with Crippen LogP contribution in [0.2, 0.25) is 10.0 Å². The molecule has 0 spiro atoms. The van der Waals surface area contributed by atoms with Crippen molar-refractivity contribution in [3.63, 3.8) is 0 Å². The third-order valence-electron chi connectivity index (χ3n) is 6.26. The lowest BCUT2D eigenvalue weighted by molar-refractivity contribution is -0.143. The van der Waals surface area contributed by atoms with Crippen LogP contribution in [0.15, 0.2) is 66.7 Å². The second kappa shape index (κ2) is 11.1. The van der Waals surface area contributed by atoms with E-state index in [2.05, 4.69) is 4.90 Å². The molecule has 7 heteroatoms. The number of likely N-dealkylation sites (tertiary alicyclic amines) is 1. The second-order valence-electron chi connectivity index (χ2n) is 8.38. The molecule has 0 saturated carbocycles. The minimum absolute atomic E-state index is 0.196. The fraction of sp³-hybridized carbons (Fsp3) is 0.296. The predicted octanol–water partition coefficient (Wildman–Crippen LogP) is 6.47. The summed E-state index contributed by atoms with van der Waals surface area (Å²) in [7, 11) is 1.62. The molecular formula is C27H27Cl2NO4. The van der Waals surface area contributed by atoms with Crippen LogP contribution in [0.5, 0.6) is 11.5 Å². The summed E-state index contributed by atoms with van der Waals surface area (Å²) >= 11 is 13.0. The molecule has 1 N–H and O–H groups in total. The summed E-state index contributed by atoms with van der Waals surface area (Å²) in [5.74, 6) is 0.209. The Bertz CT molecular complexity index is 1130. The molecule has 1 aliphatic rings. The summed E-state index contributed by atoms with van der Waals surface area (Å²) in [5.41, 5.74) is 2.92. The summed E-state index contributed by atoms with van der Waals surface area (Å²) in [6.07, 6.45) is 1.17. The molecule has 1 atom stereocenters. The maximum Gasteiger partial charge on any atom is 0.306 e. The summed E-state index contributed by atoms with van der Waals surface area (Å²) in [5, 5.41) is 10.4. The Morgan fingerprint density at radius 3 is 2.44 bits per heavy atom. The number of hydrogen-bond donors (Lipinski definition) is 1. The molecule has 5 nitrogen and oxygen atoms in total. The number of halogens is 2. The van der Waals surface area contributed by atoms with Crippen molar-refractivity contribution in [2.45, 2.75) is 25.5 Å². The van der Waals surface area contributed by atoms with E-state index in [0.29, 0.717) is 54.1 Å². The number of aliphatic carboxylic acids is 1. The fourth-order valence-corrected chi connectivity index (χ4v) is 4.84. The molecule has 1 fully saturated rings. The third-order valence-corrected chi connectivity index (χ3v) is 7.09. The molecule has 178 valence electrons. The lowest BCUT2D eigenvalue weighted by Crippen LogP contribution is -2.39. The number of carboxylic acids is 1. The van der Waals surface area contributed by atoms with Gasteiger partial charge in [0.15, 0.2) is 11.5 Å². The van der Waals surface area contributed by atoms with Crippen molar-refractivity contribution < 1.29 is 19.4 Å². The molecule has 0 aliphatic carbocycles. The number of nitrogens with zero attached hydrogens (tertiary/aromatic N) is 1. The SMILES string of the molecule is COc1cc(C(c2cccc(Cl)c2Cl)N2CCC(C(=O)O)CC2)ccc1OCc1ccccc1. The van der Waals surface area contributed by atoms with Gasteiger partial charge in [-0.25, -0.2) is 0 Å². The standard InChI is InChI=1S/C27H27Cl2NO4/c1-33-24-16-20(10-11-23(24)34-17-18-6-3-2-4-7-18)26(21-8-5-9-22(28)25(21)29)30-14-12-19(13-15-30)27(31)32/h2-11,16,19,26H,12-15,17H2,1H3,(H,31,32). The zero-order chi connectivity index (χ0) is 24.1. The third kappa shape index (κ3) is 5.49. The minimum atomic E-state index is -0.737. The van der Waals surface area contributed by atoms with Gasteiger partial charge in [-0.3, -0.25) is 9.69 Å². The molecule has 0 amide bonds. The molecule has 1 unspecified atom stereocenters. The first kappa shape index (κ1) is 24.4. The summed E-state index contributed by atoms with van der Waals surface area (Å²) in [6.45, 7) is 1.71. The van der Waals surface area contributed by atoms with Gasteiger partial charge in [-0.15, -0.1) is 0 Å². The van der Waals surface area contributed by atoms with Crippen molar-refractivity contribution in [1.29, 1.82) is 0 Å². The zero-order valence-electron chi connectivity index (χ0n) is 18.9. The predicted molar refractivity (Wildman–Crippen MR) is 134 cm³/mol. The van der Waals surface area contributed by atoms with Crippen molar-refractivity contribution in [1.82, 2.24) is 4.90 Å². The highest BCUT2D eigenvalue weighted by atomic mass is 35.5. The average Bonchev–Trinajstić information content (AvgIpc) is 2.86. The molecule has 0 radical (unpaired) electrons. The fourth-order valence-electron chi connectivity index (χ4n) is 4.43. The maximum absolute atomic E-state index is 11.5. The number of ether oxygens (including phenoxy) is 2. The van der Waals surface area contributed by atoms with Crippen molar-refractivity contribution in [2.24, 2.45) is 5.92 Å². The van der Waals surface area contributed by atoms with Crippen LogP contribution in [0.3, 0.4) is 0 Å². The van der Waals surface area contributed by atoms with Crippen LogP contribution < -0.4 is 9.47 Å². The number of hydrogen-bond acceptors (Lipinski definition) is 4. The van der Waals surface area contributed by atoms with Crippen molar-refractivity contribution in [3.05, 3.63) is 93.5 Å². The van der Waals surface area contributed by atoms with Gasteiger partial charge in [-0.2, -0.15) is 0 Å². The van der Waals surface area contributed by atoms with E-state index in [0.717, 1.165) is 16.7 Å². The van der Waals surface area contributed by atoms with Crippen LogP contribution in [0, 0.1) is 5.92 Å². The number of benzene rings is 3. The quantitative estimate of drug-likeness (QED) is 0.384. The Morgan fingerprint density at radius 1 is 1.03 bits per heavy atom. The maximum atomic E-state index is 11.5. The topological polar surface area (TPSA) is 59.0 Å². The molecule has 0 bridgehead atoms. The number of carboxylic acid groups (broad SMARTS) is 1.